The summed E-state index contributed by atoms with van der Waals surface area (Å²) in [7, 11) is 0. The van der Waals surface area contributed by atoms with E-state index in [1.807, 2.05) is 23.9 Å². The maximum atomic E-state index is 5.77. The van der Waals surface area contributed by atoms with Crippen molar-refractivity contribution in [3.05, 3.63) is 29.0 Å². The van der Waals surface area contributed by atoms with Crippen LogP contribution in [0.25, 0.3) is 0 Å². The summed E-state index contributed by atoms with van der Waals surface area (Å²) >= 11 is 7.69. The van der Waals surface area contributed by atoms with Crippen molar-refractivity contribution in [2.24, 2.45) is 0 Å². The van der Waals surface area contributed by atoms with E-state index >= 15 is 0 Å². The molecule has 0 aliphatic carbocycles. The molecule has 72 valence electrons. The van der Waals surface area contributed by atoms with Crippen LogP contribution in [0.2, 0.25) is 5.15 Å². The normalized spacial score (nSPS) is 12.8. The number of nitrogens with zero attached hydrogens (tertiary/aromatic N) is 1. The van der Waals surface area contributed by atoms with Crippen molar-refractivity contribution in [2.45, 2.75) is 31.3 Å². The molecule has 0 saturated carbocycles. The maximum absolute atomic E-state index is 5.77. The Labute approximate surface area is 88.9 Å². The molecule has 1 aromatic heterocycles. The van der Waals surface area contributed by atoms with E-state index in [4.69, 9.17) is 11.6 Å². The Morgan fingerprint density at radius 2 is 2.31 bits per heavy atom. The number of pyridine rings is 1. The lowest BCUT2D eigenvalue weighted by Gasteiger charge is -2.07. The summed E-state index contributed by atoms with van der Waals surface area (Å²) in [5.41, 5.74) is 1.07. The molecule has 3 heteroatoms. The Bertz CT molecular complexity index is 265. The van der Waals surface area contributed by atoms with Crippen molar-refractivity contribution in [3.63, 3.8) is 0 Å². The number of rotatable bonds is 4. The van der Waals surface area contributed by atoms with Crippen LogP contribution in [0.5, 0.6) is 0 Å². The van der Waals surface area contributed by atoms with Gasteiger partial charge < -0.3 is 0 Å². The lowest BCUT2D eigenvalue weighted by atomic mass is 10.4. The summed E-state index contributed by atoms with van der Waals surface area (Å²) < 4.78 is 0. The van der Waals surface area contributed by atoms with E-state index in [2.05, 4.69) is 18.8 Å². The van der Waals surface area contributed by atoms with Crippen molar-refractivity contribution in [1.82, 2.24) is 4.98 Å². The average molecular weight is 216 g/mol. The molecule has 1 rings (SSSR count). The van der Waals surface area contributed by atoms with Gasteiger partial charge in [-0.3, -0.25) is 0 Å². The Balaban J connectivity index is 2.45. The zero-order valence-corrected chi connectivity index (χ0v) is 9.53. The van der Waals surface area contributed by atoms with Gasteiger partial charge in [-0.1, -0.05) is 31.5 Å². The van der Waals surface area contributed by atoms with Gasteiger partial charge in [0, 0.05) is 11.0 Å². The molecule has 0 amide bonds. The highest BCUT2D eigenvalue weighted by atomic mass is 35.5. The molecular weight excluding hydrogens is 202 g/mol. The summed E-state index contributed by atoms with van der Waals surface area (Å²) in [6, 6.07) is 5.77. The van der Waals surface area contributed by atoms with E-state index in [9.17, 15) is 0 Å². The van der Waals surface area contributed by atoms with Crippen molar-refractivity contribution in [1.29, 1.82) is 0 Å². The third-order valence-corrected chi connectivity index (χ3v) is 3.44. The first kappa shape index (κ1) is 10.9. The summed E-state index contributed by atoms with van der Waals surface area (Å²) in [6.45, 7) is 4.43. The molecular formula is C10H14ClNS. The van der Waals surface area contributed by atoms with E-state index in [-0.39, 0.29) is 0 Å². The van der Waals surface area contributed by atoms with E-state index < -0.39 is 0 Å². The maximum Gasteiger partial charge on any atom is 0.129 e. The SMILES string of the molecule is CCC(C)SCc1cccc(Cl)n1. The van der Waals surface area contributed by atoms with Crippen LogP contribution in [0.3, 0.4) is 0 Å². The molecule has 0 radical (unpaired) electrons. The Kier molecular flexibility index (Phi) is 4.60. The minimum atomic E-state index is 0.585. The monoisotopic (exact) mass is 215 g/mol. The first-order valence-electron chi connectivity index (χ1n) is 4.45. The fourth-order valence-electron chi connectivity index (χ4n) is 0.876. The van der Waals surface area contributed by atoms with Crippen LogP contribution in [0, 0.1) is 0 Å². The first-order chi connectivity index (χ1) is 6.22. The number of hydrogen-bond acceptors (Lipinski definition) is 2. The highest BCUT2D eigenvalue weighted by Gasteiger charge is 2.01. The van der Waals surface area contributed by atoms with Gasteiger partial charge in [0.25, 0.3) is 0 Å². The minimum absolute atomic E-state index is 0.585. The van der Waals surface area contributed by atoms with Crippen LogP contribution in [0.15, 0.2) is 18.2 Å². The van der Waals surface area contributed by atoms with E-state index in [1.54, 1.807) is 6.07 Å². The zero-order chi connectivity index (χ0) is 9.68. The fraction of sp³-hybridized carbons (Fsp3) is 0.500. The van der Waals surface area contributed by atoms with Crippen LogP contribution in [0.4, 0.5) is 0 Å². The summed E-state index contributed by atoms with van der Waals surface area (Å²) in [5, 5.41) is 1.28. The number of thioether (sulfide) groups is 1. The lowest BCUT2D eigenvalue weighted by Crippen LogP contribution is -1.95. The molecule has 1 heterocycles. The summed E-state index contributed by atoms with van der Waals surface area (Å²) in [5.74, 6) is 0.954. The number of aromatic nitrogens is 1. The highest BCUT2D eigenvalue weighted by Crippen LogP contribution is 2.19. The lowest BCUT2D eigenvalue weighted by molar-refractivity contribution is 0.904. The smallest absolute Gasteiger partial charge is 0.129 e. The first-order valence-corrected chi connectivity index (χ1v) is 5.88. The van der Waals surface area contributed by atoms with Crippen LogP contribution in [0.1, 0.15) is 26.0 Å². The van der Waals surface area contributed by atoms with Crippen LogP contribution >= 0.6 is 23.4 Å². The molecule has 1 unspecified atom stereocenters. The largest absolute Gasteiger partial charge is 0.240 e. The summed E-state index contributed by atoms with van der Waals surface area (Å²) in [4.78, 5) is 4.22. The van der Waals surface area contributed by atoms with Gasteiger partial charge >= 0.3 is 0 Å². The Morgan fingerprint density at radius 3 is 2.92 bits per heavy atom. The van der Waals surface area contributed by atoms with Crippen molar-refractivity contribution < 1.29 is 0 Å². The molecule has 0 fully saturated rings. The van der Waals surface area contributed by atoms with E-state index in [0.29, 0.717) is 10.4 Å². The molecule has 0 bridgehead atoms. The second-order valence-electron chi connectivity index (χ2n) is 2.98. The molecule has 0 N–H and O–H groups in total. The third-order valence-electron chi connectivity index (χ3n) is 1.86. The molecule has 0 saturated heterocycles. The van der Waals surface area contributed by atoms with Crippen LogP contribution in [-0.4, -0.2) is 10.2 Å². The second-order valence-corrected chi connectivity index (χ2v) is 4.80. The molecule has 0 aromatic carbocycles. The molecule has 1 atom stereocenters. The van der Waals surface area contributed by atoms with E-state index in [1.165, 1.54) is 6.42 Å². The molecule has 0 aliphatic rings. The van der Waals surface area contributed by atoms with Crippen molar-refractivity contribution in [2.75, 3.05) is 0 Å². The van der Waals surface area contributed by atoms with Gasteiger partial charge in [-0.15, -0.1) is 0 Å². The van der Waals surface area contributed by atoms with Gasteiger partial charge in [-0.2, -0.15) is 11.8 Å². The zero-order valence-electron chi connectivity index (χ0n) is 7.96. The van der Waals surface area contributed by atoms with Crippen LogP contribution in [-0.2, 0) is 5.75 Å². The molecule has 1 aromatic rings. The van der Waals surface area contributed by atoms with Gasteiger partial charge in [-0.05, 0) is 18.6 Å². The van der Waals surface area contributed by atoms with Gasteiger partial charge in [-0.25, -0.2) is 4.98 Å². The average Bonchev–Trinajstić information content (AvgIpc) is 2.14. The Hall–Kier alpha value is -0.210. The molecule has 0 aliphatic heterocycles. The predicted molar refractivity (Wildman–Crippen MR) is 60.3 cm³/mol. The van der Waals surface area contributed by atoms with Gasteiger partial charge in [0.15, 0.2) is 0 Å². The van der Waals surface area contributed by atoms with Gasteiger partial charge in [0.05, 0.1) is 5.69 Å². The predicted octanol–water partition coefficient (Wildman–Crippen LogP) is 3.77. The fourth-order valence-corrected chi connectivity index (χ4v) is 1.91. The van der Waals surface area contributed by atoms with Gasteiger partial charge in [0.1, 0.15) is 5.15 Å². The molecule has 0 spiro atoms. The minimum Gasteiger partial charge on any atom is -0.240 e. The highest BCUT2D eigenvalue weighted by molar-refractivity contribution is 7.99. The molecule has 13 heavy (non-hydrogen) atoms. The van der Waals surface area contributed by atoms with Gasteiger partial charge in [0.2, 0.25) is 0 Å². The number of hydrogen-bond donors (Lipinski definition) is 0. The molecule has 1 nitrogen and oxygen atoms in total. The van der Waals surface area contributed by atoms with Crippen molar-refractivity contribution in [3.8, 4) is 0 Å². The standard InChI is InChI=1S/C10H14ClNS/c1-3-8(2)13-7-9-5-4-6-10(11)12-9/h4-6,8H,3,7H2,1-2H3. The third kappa shape index (κ3) is 4.01. The number of halogens is 1. The Morgan fingerprint density at radius 1 is 1.54 bits per heavy atom. The van der Waals surface area contributed by atoms with Crippen molar-refractivity contribution >= 4 is 23.4 Å². The summed E-state index contributed by atoms with van der Waals surface area (Å²) in [6.07, 6.45) is 1.20. The second kappa shape index (κ2) is 5.51. The quantitative estimate of drug-likeness (QED) is 0.710. The topological polar surface area (TPSA) is 12.9 Å². The van der Waals surface area contributed by atoms with E-state index in [0.717, 1.165) is 11.4 Å². The van der Waals surface area contributed by atoms with Crippen LogP contribution < -0.4 is 0 Å².